The molecule has 1 N–H and O–H groups in total. The lowest BCUT2D eigenvalue weighted by molar-refractivity contribution is 0.299. The number of benzene rings is 1. The van der Waals surface area contributed by atoms with Crippen molar-refractivity contribution in [3.63, 3.8) is 0 Å². The van der Waals surface area contributed by atoms with Crippen molar-refractivity contribution in [3.05, 3.63) is 28.3 Å². The summed E-state index contributed by atoms with van der Waals surface area (Å²) in [5.74, 6) is 2.28. The second kappa shape index (κ2) is 6.82. The maximum atomic E-state index is 6.21. The van der Waals surface area contributed by atoms with Crippen LogP contribution in [0.25, 0.3) is 0 Å². The van der Waals surface area contributed by atoms with E-state index in [2.05, 4.69) is 32.2 Å². The summed E-state index contributed by atoms with van der Waals surface area (Å²) in [6.07, 6.45) is 2.76. The van der Waals surface area contributed by atoms with E-state index in [1.54, 1.807) is 0 Å². The standard InChI is InChI=1S/C17H26ClNO/c1-11(2)15-10-16(18)12(3)9-17(15)20-8-7-19-13(4)14-5-6-14/h9-11,13-14,19H,5-8H2,1-4H3. The predicted octanol–water partition coefficient (Wildman–Crippen LogP) is 4.54. The Hall–Kier alpha value is -0.730. The lowest BCUT2D eigenvalue weighted by Gasteiger charge is -2.17. The highest BCUT2D eigenvalue weighted by Gasteiger charge is 2.27. The molecule has 0 saturated heterocycles. The van der Waals surface area contributed by atoms with Crippen molar-refractivity contribution >= 4 is 11.6 Å². The van der Waals surface area contributed by atoms with Gasteiger partial charge >= 0.3 is 0 Å². The fourth-order valence-electron chi connectivity index (χ4n) is 2.46. The van der Waals surface area contributed by atoms with E-state index in [1.165, 1.54) is 18.4 Å². The molecule has 0 radical (unpaired) electrons. The Labute approximate surface area is 127 Å². The van der Waals surface area contributed by atoms with Crippen LogP contribution in [-0.2, 0) is 0 Å². The molecule has 0 bridgehead atoms. The summed E-state index contributed by atoms with van der Waals surface area (Å²) in [6.45, 7) is 10.2. The van der Waals surface area contributed by atoms with E-state index in [1.807, 2.05) is 13.0 Å². The van der Waals surface area contributed by atoms with Gasteiger partial charge < -0.3 is 10.1 Å². The molecule has 0 amide bonds. The molecule has 1 unspecified atom stereocenters. The zero-order valence-corrected chi connectivity index (χ0v) is 13.8. The third kappa shape index (κ3) is 4.13. The smallest absolute Gasteiger partial charge is 0.123 e. The van der Waals surface area contributed by atoms with Crippen molar-refractivity contribution < 1.29 is 4.74 Å². The summed E-state index contributed by atoms with van der Waals surface area (Å²) >= 11 is 6.21. The van der Waals surface area contributed by atoms with Gasteiger partial charge in [-0.15, -0.1) is 0 Å². The molecule has 0 aliphatic heterocycles. The molecule has 2 rings (SSSR count). The first kappa shape index (κ1) is 15.7. The van der Waals surface area contributed by atoms with Gasteiger partial charge in [-0.05, 0) is 61.8 Å². The molecule has 1 aliphatic rings. The number of rotatable bonds is 7. The Morgan fingerprint density at radius 1 is 1.30 bits per heavy atom. The molecular weight excluding hydrogens is 270 g/mol. The molecule has 112 valence electrons. The minimum atomic E-state index is 0.418. The van der Waals surface area contributed by atoms with Gasteiger partial charge in [-0.3, -0.25) is 0 Å². The van der Waals surface area contributed by atoms with Crippen molar-refractivity contribution in [3.8, 4) is 5.75 Å². The van der Waals surface area contributed by atoms with E-state index < -0.39 is 0 Å². The van der Waals surface area contributed by atoms with Gasteiger partial charge in [0.2, 0.25) is 0 Å². The van der Waals surface area contributed by atoms with Crippen molar-refractivity contribution in [2.24, 2.45) is 5.92 Å². The highest BCUT2D eigenvalue weighted by atomic mass is 35.5. The van der Waals surface area contributed by atoms with Gasteiger partial charge in [-0.2, -0.15) is 0 Å². The molecule has 1 aromatic rings. The summed E-state index contributed by atoms with van der Waals surface area (Å²) in [5, 5.41) is 4.36. The Bertz CT molecular complexity index is 455. The first-order valence-electron chi connectivity index (χ1n) is 7.65. The van der Waals surface area contributed by atoms with E-state index in [0.717, 1.165) is 28.8 Å². The Morgan fingerprint density at radius 3 is 2.60 bits per heavy atom. The fraction of sp³-hybridized carbons (Fsp3) is 0.647. The molecule has 1 aromatic carbocycles. The zero-order chi connectivity index (χ0) is 14.7. The fourth-order valence-corrected chi connectivity index (χ4v) is 2.63. The van der Waals surface area contributed by atoms with Crippen LogP contribution in [0.2, 0.25) is 5.02 Å². The number of hydrogen-bond acceptors (Lipinski definition) is 2. The van der Waals surface area contributed by atoms with Crippen molar-refractivity contribution in [2.75, 3.05) is 13.2 Å². The quantitative estimate of drug-likeness (QED) is 0.746. The van der Waals surface area contributed by atoms with Crippen molar-refractivity contribution in [1.29, 1.82) is 0 Å². The summed E-state index contributed by atoms with van der Waals surface area (Å²) in [5.41, 5.74) is 2.27. The Kier molecular flexibility index (Phi) is 5.34. The maximum Gasteiger partial charge on any atom is 0.123 e. The average molecular weight is 296 g/mol. The van der Waals surface area contributed by atoms with Gasteiger partial charge in [0.05, 0.1) is 0 Å². The normalized spacial score (nSPS) is 16.5. The summed E-state index contributed by atoms with van der Waals surface area (Å²) < 4.78 is 5.96. The van der Waals surface area contributed by atoms with Crippen LogP contribution in [0, 0.1) is 12.8 Å². The second-order valence-corrected chi connectivity index (χ2v) is 6.63. The summed E-state index contributed by atoms with van der Waals surface area (Å²) in [4.78, 5) is 0. The maximum absolute atomic E-state index is 6.21. The van der Waals surface area contributed by atoms with Gasteiger partial charge in [0.1, 0.15) is 12.4 Å². The SMILES string of the molecule is Cc1cc(OCCNC(C)C2CC2)c(C(C)C)cc1Cl. The van der Waals surface area contributed by atoms with E-state index in [-0.39, 0.29) is 0 Å². The summed E-state index contributed by atoms with van der Waals surface area (Å²) in [6, 6.07) is 4.72. The molecule has 1 saturated carbocycles. The zero-order valence-electron chi connectivity index (χ0n) is 13.0. The van der Waals surface area contributed by atoms with Crippen LogP contribution in [0.5, 0.6) is 5.75 Å². The van der Waals surface area contributed by atoms with Crippen LogP contribution in [0.4, 0.5) is 0 Å². The number of hydrogen-bond donors (Lipinski definition) is 1. The number of halogens is 1. The monoisotopic (exact) mass is 295 g/mol. The third-order valence-electron chi connectivity index (χ3n) is 4.07. The third-order valence-corrected chi connectivity index (χ3v) is 4.48. The Morgan fingerprint density at radius 2 is 2.00 bits per heavy atom. The largest absolute Gasteiger partial charge is 0.492 e. The first-order chi connectivity index (χ1) is 9.49. The van der Waals surface area contributed by atoms with E-state index >= 15 is 0 Å². The summed E-state index contributed by atoms with van der Waals surface area (Å²) in [7, 11) is 0. The minimum absolute atomic E-state index is 0.418. The van der Waals surface area contributed by atoms with Gasteiger partial charge in [-0.1, -0.05) is 25.4 Å². The highest BCUT2D eigenvalue weighted by molar-refractivity contribution is 6.31. The van der Waals surface area contributed by atoms with Gasteiger partial charge in [-0.25, -0.2) is 0 Å². The molecule has 1 aliphatic carbocycles. The van der Waals surface area contributed by atoms with Crippen LogP contribution in [0.1, 0.15) is 50.7 Å². The molecule has 2 nitrogen and oxygen atoms in total. The molecule has 0 aromatic heterocycles. The molecule has 3 heteroatoms. The predicted molar refractivity (Wildman–Crippen MR) is 86.0 cm³/mol. The molecular formula is C17H26ClNO. The van der Waals surface area contributed by atoms with E-state index in [0.29, 0.717) is 18.6 Å². The second-order valence-electron chi connectivity index (χ2n) is 6.22. The molecule has 20 heavy (non-hydrogen) atoms. The van der Waals surface area contributed by atoms with E-state index in [9.17, 15) is 0 Å². The van der Waals surface area contributed by atoms with Crippen molar-refractivity contribution in [1.82, 2.24) is 5.32 Å². The Balaban J connectivity index is 1.89. The van der Waals surface area contributed by atoms with Gasteiger partial charge in [0.25, 0.3) is 0 Å². The van der Waals surface area contributed by atoms with Crippen LogP contribution >= 0.6 is 11.6 Å². The molecule has 1 fully saturated rings. The van der Waals surface area contributed by atoms with E-state index in [4.69, 9.17) is 16.3 Å². The first-order valence-corrected chi connectivity index (χ1v) is 8.03. The molecule has 0 spiro atoms. The lowest BCUT2D eigenvalue weighted by Crippen LogP contribution is -2.31. The average Bonchev–Trinajstić information content (AvgIpc) is 3.22. The number of ether oxygens (including phenoxy) is 1. The molecule has 0 heterocycles. The van der Waals surface area contributed by atoms with Gasteiger partial charge in [0, 0.05) is 17.6 Å². The topological polar surface area (TPSA) is 21.3 Å². The van der Waals surface area contributed by atoms with Crippen molar-refractivity contribution in [2.45, 2.75) is 52.5 Å². The van der Waals surface area contributed by atoms with Crippen LogP contribution in [0.3, 0.4) is 0 Å². The number of aryl methyl sites for hydroxylation is 1. The van der Waals surface area contributed by atoms with Gasteiger partial charge in [0.15, 0.2) is 0 Å². The molecule has 1 atom stereocenters. The lowest BCUT2D eigenvalue weighted by atomic mass is 10.0. The van der Waals surface area contributed by atoms with Crippen LogP contribution in [0.15, 0.2) is 12.1 Å². The van der Waals surface area contributed by atoms with Crippen LogP contribution in [-0.4, -0.2) is 19.2 Å². The van der Waals surface area contributed by atoms with Crippen LogP contribution < -0.4 is 10.1 Å². The number of nitrogens with one attached hydrogen (secondary N) is 1. The highest BCUT2D eigenvalue weighted by Crippen LogP contribution is 2.33. The minimum Gasteiger partial charge on any atom is -0.492 e.